The van der Waals surface area contributed by atoms with Crippen LogP contribution in [0.5, 0.6) is 5.75 Å². The lowest BCUT2D eigenvalue weighted by Crippen LogP contribution is -1.99. The Kier molecular flexibility index (Phi) is 5.34. The van der Waals surface area contributed by atoms with E-state index < -0.39 is 0 Å². The maximum atomic E-state index is 5.70. The standard InChI is InChI=1S/C16H17BrOS/c1-12-3-8-16(11-13(12)2)19-10-9-18-15-6-4-14(17)5-7-15/h3-8,11H,9-10H2,1-2H3. The molecule has 100 valence electrons. The molecular weight excluding hydrogens is 320 g/mol. The third-order valence-electron chi connectivity index (χ3n) is 2.91. The normalized spacial score (nSPS) is 10.5. The Hall–Kier alpha value is -0.930. The molecule has 0 radical (unpaired) electrons. The van der Waals surface area contributed by atoms with Crippen molar-refractivity contribution in [1.82, 2.24) is 0 Å². The van der Waals surface area contributed by atoms with Gasteiger partial charge in [-0.3, -0.25) is 0 Å². The second kappa shape index (κ2) is 7.01. The van der Waals surface area contributed by atoms with Crippen LogP contribution in [0.15, 0.2) is 51.8 Å². The van der Waals surface area contributed by atoms with Crippen LogP contribution < -0.4 is 4.74 Å². The summed E-state index contributed by atoms with van der Waals surface area (Å²) < 4.78 is 6.77. The lowest BCUT2D eigenvalue weighted by molar-refractivity contribution is 0.344. The molecule has 0 fully saturated rings. The van der Waals surface area contributed by atoms with Crippen LogP contribution in [0.4, 0.5) is 0 Å². The maximum absolute atomic E-state index is 5.70. The van der Waals surface area contributed by atoms with Crippen molar-refractivity contribution in [2.75, 3.05) is 12.4 Å². The zero-order chi connectivity index (χ0) is 13.7. The number of hydrogen-bond acceptors (Lipinski definition) is 2. The molecule has 0 saturated heterocycles. The highest BCUT2D eigenvalue weighted by molar-refractivity contribution is 9.10. The fourth-order valence-electron chi connectivity index (χ4n) is 1.65. The summed E-state index contributed by atoms with van der Waals surface area (Å²) in [6.07, 6.45) is 0. The van der Waals surface area contributed by atoms with Crippen molar-refractivity contribution in [3.8, 4) is 5.75 Å². The molecule has 1 nitrogen and oxygen atoms in total. The predicted octanol–water partition coefficient (Wildman–Crippen LogP) is 5.24. The van der Waals surface area contributed by atoms with Crippen molar-refractivity contribution in [3.05, 3.63) is 58.1 Å². The van der Waals surface area contributed by atoms with Gasteiger partial charge in [0.1, 0.15) is 5.75 Å². The Morgan fingerprint density at radius 1 is 1.00 bits per heavy atom. The van der Waals surface area contributed by atoms with Crippen molar-refractivity contribution < 1.29 is 4.74 Å². The van der Waals surface area contributed by atoms with Crippen molar-refractivity contribution >= 4 is 27.7 Å². The zero-order valence-corrected chi connectivity index (χ0v) is 13.6. The van der Waals surface area contributed by atoms with Gasteiger partial charge in [0.05, 0.1) is 6.61 Å². The molecule has 0 unspecified atom stereocenters. The smallest absolute Gasteiger partial charge is 0.119 e. The Morgan fingerprint density at radius 3 is 2.42 bits per heavy atom. The summed E-state index contributed by atoms with van der Waals surface area (Å²) in [4.78, 5) is 1.31. The first-order valence-electron chi connectivity index (χ1n) is 6.23. The van der Waals surface area contributed by atoms with Crippen LogP contribution >= 0.6 is 27.7 Å². The zero-order valence-electron chi connectivity index (χ0n) is 11.2. The SMILES string of the molecule is Cc1ccc(SCCOc2ccc(Br)cc2)cc1C. The Balaban J connectivity index is 1.77. The van der Waals surface area contributed by atoms with Crippen LogP contribution in [0.3, 0.4) is 0 Å². The van der Waals surface area contributed by atoms with Gasteiger partial charge in [0.2, 0.25) is 0 Å². The number of thioether (sulfide) groups is 1. The molecule has 0 aliphatic carbocycles. The monoisotopic (exact) mass is 336 g/mol. The molecule has 0 N–H and O–H groups in total. The molecule has 2 aromatic carbocycles. The van der Waals surface area contributed by atoms with Gasteiger partial charge in [0, 0.05) is 15.1 Å². The first kappa shape index (κ1) is 14.5. The second-order valence-corrected chi connectivity index (χ2v) is 6.48. The van der Waals surface area contributed by atoms with Crippen molar-refractivity contribution in [1.29, 1.82) is 0 Å². The molecule has 0 spiro atoms. The van der Waals surface area contributed by atoms with E-state index in [1.807, 2.05) is 36.0 Å². The van der Waals surface area contributed by atoms with Crippen molar-refractivity contribution in [2.24, 2.45) is 0 Å². The lowest BCUT2D eigenvalue weighted by Gasteiger charge is -2.07. The highest BCUT2D eigenvalue weighted by Crippen LogP contribution is 2.21. The third kappa shape index (κ3) is 4.59. The second-order valence-electron chi connectivity index (χ2n) is 4.40. The van der Waals surface area contributed by atoms with Crippen molar-refractivity contribution in [2.45, 2.75) is 18.7 Å². The quantitative estimate of drug-likeness (QED) is 0.545. The molecular formula is C16H17BrOS. The topological polar surface area (TPSA) is 9.23 Å². The van der Waals surface area contributed by atoms with E-state index in [0.29, 0.717) is 0 Å². The van der Waals surface area contributed by atoms with Gasteiger partial charge in [-0.25, -0.2) is 0 Å². The van der Waals surface area contributed by atoms with E-state index in [2.05, 4.69) is 48.0 Å². The Morgan fingerprint density at radius 2 is 1.74 bits per heavy atom. The lowest BCUT2D eigenvalue weighted by atomic mass is 10.1. The molecule has 0 aliphatic heterocycles. The van der Waals surface area contributed by atoms with E-state index in [-0.39, 0.29) is 0 Å². The van der Waals surface area contributed by atoms with E-state index in [9.17, 15) is 0 Å². The molecule has 0 aromatic heterocycles. The van der Waals surface area contributed by atoms with E-state index in [4.69, 9.17) is 4.74 Å². The van der Waals surface area contributed by atoms with Crippen LogP contribution in [0.2, 0.25) is 0 Å². The number of hydrogen-bond donors (Lipinski definition) is 0. The molecule has 2 rings (SSSR count). The summed E-state index contributed by atoms with van der Waals surface area (Å²) >= 11 is 5.24. The number of benzene rings is 2. The molecule has 0 bridgehead atoms. The van der Waals surface area contributed by atoms with Gasteiger partial charge in [-0.15, -0.1) is 11.8 Å². The number of rotatable bonds is 5. The highest BCUT2D eigenvalue weighted by atomic mass is 79.9. The van der Waals surface area contributed by atoms with Gasteiger partial charge in [-0.05, 0) is 61.4 Å². The molecule has 0 saturated carbocycles. The fraction of sp³-hybridized carbons (Fsp3) is 0.250. The summed E-state index contributed by atoms with van der Waals surface area (Å²) in [5, 5.41) is 0. The van der Waals surface area contributed by atoms with Crippen molar-refractivity contribution in [3.63, 3.8) is 0 Å². The maximum Gasteiger partial charge on any atom is 0.119 e. The summed E-state index contributed by atoms with van der Waals surface area (Å²) in [6.45, 7) is 5.01. The molecule has 0 heterocycles. The van der Waals surface area contributed by atoms with Crippen LogP contribution in [-0.2, 0) is 0 Å². The van der Waals surface area contributed by atoms with Gasteiger partial charge >= 0.3 is 0 Å². The van der Waals surface area contributed by atoms with E-state index in [0.717, 1.165) is 22.6 Å². The number of aryl methyl sites for hydroxylation is 2. The van der Waals surface area contributed by atoms with Gasteiger partial charge < -0.3 is 4.74 Å². The molecule has 2 aromatic rings. The van der Waals surface area contributed by atoms with Gasteiger partial charge in [0.15, 0.2) is 0 Å². The highest BCUT2D eigenvalue weighted by Gasteiger charge is 1.98. The largest absolute Gasteiger partial charge is 0.493 e. The van der Waals surface area contributed by atoms with Gasteiger partial charge in [-0.2, -0.15) is 0 Å². The first-order chi connectivity index (χ1) is 9.15. The average Bonchev–Trinajstić information content (AvgIpc) is 2.41. The van der Waals surface area contributed by atoms with Crippen LogP contribution in [0.25, 0.3) is 0 Å². The summed E-state index contributed by atoms with van der Waals surface area (Å²) in [6, 6.07) is 14.5. The molecule has 0 amide bonds. The van der Waals surface area contributed by atoms with Gasteiger partial charge in [-0.1, -0.05) is 22.0 Å². The van der Waals surface area contributed by atoms with E-state index in [1.54, 1.807) is 0 Å². The van der Waals surface area contributed by atoms with E-state index in [1.165, 1.54) is 16.0 Å². The minimum atomic E-state index is 0.721. The number of halogens is 1. The Bertz CT molecular complexity index is 537. The molecule has 0 aliphatic rings. The van der Waals surface area contributed by atoms with Gasteiger partial charge in [0.25, 0.3) is 0 Å². The molecule has 19 heavy (non-hydrogen) atoms. The molecule has 3 heteroatoms. The van der Waals surface area contributed by atoms with Crippen LogP contribution in [0, 0.1) is 13.8 Å². The summed E-state index contributed by atoms with van der Waals surface area (Å²) in [5.41, 5.74) is 2.69. The minimum Gasteiger partial charge on any atom is -0.493 e. The molecule has 0 atom stereocenters. The fourth-order valence-corrected chi connectivity index (χ4v) is 2.74. The third-order valence-corrected chi connectivity index (χ3v) is 4.40. The summed E-state index contributed by atoms with van der Waals surface area (Å²) in [5.74, 6) is 1.88. The van der Waals surface area contributed by atoms with Crippen LogP contribution in [-0.4, -0.2) is 12.4 Å². The predicted molar refractivity (Wildman–Crippen MR) is 86.3 cm³/mol. The van der Waals surface area contributed by atoms with E-state index >= 15 is 0 Å². The van der Waals surface area contributed by atoms with Crippen LogP contribution in [0.1, 0.15) is 11.1 Å². The Labute approximate surface area is 127 Å². The number of ether oxygens (including phenoxy) is 1. The minimum absolute atomic E-state index is 0.721. The average molecular weight is 337 g/mol. The first-order valence-corrected chi connectivity index (χ1v) is 8.01. The summed E-state index contributed by atoms with van der Waals surface area (Å²) in [7, 11) is 0.